The molecule has 1 aliphatic rings. The molecule has 1 aromatic heterocycles. The van der Waals surface area contributed by atoms with Crippen LogP contribution < -0.4 is 5.32 Å². The standard InChI is InChI=1S/C14H13ClN4O2/c1-19-11(20)7-6-10(13(19)21)16-12-8-4-2-3-5-9(8)17-14(15)18-12/h2-5,10H,6-7H2,1H3,(H,16,17,18). The fourth-order valence-corrected chi connectivity index (χ4v) is 2.55. The number of halogens is 1. The lowest BCUT2D eigenvalue weighted by atomic mass is 10.0. The number of rotatable bonds is 2. The first kappa shape index (κ1) is 13.8. The van der Waals surface area contributed by atoms with Gasteiger partial charge in [0.2, 0.25) is 11.2 Å². The van der Waals surface area contributed by atoms with Crippen molar-refractivity contribution in [3.8, 4) is 0 Å². The van der Waals surface area contributed by atoms with Crippen molar-refractivity contribution in [1.82, 2.24) is 14.9 Å². The lowest BCUT2D eigenvalue weighted by Crippen LogP contribution is -2.48. The molecule has 2 heterocycles. The van der Waals surface area contributed by atoms with Crippen molar-refractivity contribution < 1.29 is 9.59 Å². The minimum absolute atomic E-state index is 0.115. The summed E-state index contributed by atoms with van der Waals surface area (Å²) in [5.41, 5.74) is 0.702. The van der Waals surface area contributed by atoms with E-state index in [1.54, 1.807) is 0 Å². The number of carbonyl (C=O) groups excluding carboxylic acids is 2. The number of nitrogens with one attached hydrogen (secondary N) is 1. The topological polar surface area (TPSA) is 75.2 Å². The van der Waals surface area contributed by atoms with Gasteiger partial charge in [0.25, 0.3) is 5.91 Å². The van der Waals surface area contributed by atoms with Crippen molar-refractivity contribution in [2.45, 2.75) is 18.9 Å². The lowest BCUT2D eigenvalue weighted by molar-refractivity contribution is -0.146. The van der Waals surface area contributed by atoms with Gasteiger partial charge in [-0.15, -0.1) is 0 Å². The molecule has 1 unspecified atom stereocenters. The van der Waals surface area contributed by atoms with Crippen LogP contribution in [0.25, 0.3) is 10.9 Å². The SMILES string of the molecule is CN1C(=O)CCC(Nc2nc(Cl)nc3ccccc23)C1=O. The first-order valence-corrected chi connectivity index (χ1v) is 6.93. The van der Waals surface area contributed by atoms with E-state index in [4.69, 9.17) is 11.6 Å². The number of likely N-dealkylation sites (tertiary alicyclic amines) is 1. The Kier molecular flexibility index (Phi) is 3.47. The van der Waals surface area contributed by atoms with Crippen LogP contribution in [0.5, 0.6) is 0 Å². The molecule has 0 aliphatic carbocycles. The van der Waals surface area contributed by atoms with E-state index in [0.717, 1.165) is 10.3 Å². The maximum absolute atomic E-state index is 12.1. The Morgan fingerprint density at radius 1 is 1.29 bits per heavy atom. The second kappa shape index (κ2) is 5.29. The number of hydrogen-bond donors (Lipinski definition) is 1. The molecular weight excluding hydrogens is 292 g/mol. The van der Waals surface area contributed by atoms with Crippen molar-refractivity contribution in [3.05, 3.63) is 29.5 Å². The molecule has 0 spiro atoms. The zero-order valence-electron chi connectivity index (χ0n) is 11.3. The number of anilines is 1. The third kappa shape index (κ3) is 2.54. The molecule has 2 aromatic rings. The minimum Gasteiger partial charge on any atom is -0.358 e. The fourth-order valence-electron chi connectivity index (χ4n) is 2.37. The predicted molar refractivity (Wildman–Crippen MR) is 79.0 cm³/mol. The zero-order chi connectivity index (χ0) is 15.0. The quantitative estimate of drug-likeness (QED) is 0.677. The van der Waals surface area contributed by atoms with Crippen LogP contribution in [0.3, 0.4) is 0 Å². The highest BCUT2D eigenvalue weighted by Crippen LogP contribution is 2.24. The number of likely N-dealkylation sites (N-methyl/N-ethyl adjacent to an activating group) is 1. The summed E-state index contributed by atoms with van der Waals surface area (Å²) in [7, 11) is 1.49. The number of nitrogens with zero attached hydrogens (tertiary/aromatic N) is 3. The number of hydrogen-bond acceptors (Lipinski definition) is 5. The summed E-state index contributed by atoms with van der Waals surface area (Å²) < 4.78 is 0. The highest BCUT2D eigenvalue weighted by molar-refractivity contribution is 6.28. The van der Waals surface area contributed by atoms with Crippen LogP contribution >= 0.6 is 11.6 Å². The first-order chi connectivity index (χ1) is 10.1. The average Bonchev–Trinajstić information content (AvgIpc) is 2.47. The van der Waals surface area contributed by atoms with E-state index < -0.39 is 6.04 Å². The molecule has 1 fully saturated rings. The molecule has 7 heteroatoms. The molecule has 1 N–H and O–H groups in total. The molecule has 1 saturated heterocycles. The van der Waals surface area contributed by atoms with Gasteiger partial charge in [-0.05, 0) is 30.2 Å². The smallest absolute Gasteiger partial charge is 0.251 e. The number of aromatic nitrogens is 2. The van der Waals surface area contributed by atoms with Crippen LogP contribution in [0.1, 0.15) is 12.8 Å². The van der Waals surface area contributed by atoms with E-state index in [0.29, 0.717) is 24.2 Å². The van der Waals surface area contributed by atoms with Crippen LogP contribution in [0.4, 0.5) is 5.82 Å². The molecule has 6 nitrogen and oxygen atoms in total. The van der Waals surface area contributed by atoms with E-state index in [-0.39, 0.29) is 17.1 Å². The summed E-state index contributed by atoms with van der Waals surface area (Å²) in [4.78, 5) is 33.1. The van der Waals surface area contributed by atoms with E-state index in [9.17, 15) is 9.59 Å². The van der Waals surface area contributed by atoms with Crippen molar-refractivity contribution >= 4 is 40.1 Å². The summed E-state index contributed by atoms with van der Waals surface area (Å²) in [6.07, 6.45) is 0.772. The van der Waals surface area contributed by atoms with Crippen molar-refractivity contribution in [2.75, 3.05) is 12.4 Å². The van der Waals surface area contributed by atoms with Gasteiger partial charge in [-0.25, -0.2) is 9.97 Å². The van der Waals surface area contributed by atoms with Gasteiger partial charge >= 0.3 is 0 Å². The minimum atomic E-state index is -0.484. The van der Waals surface area contributed by atoms with Crippen LogP contribution in [0.2, 0.25) is 5.28 Å². The van der Waals surface area contributed by atoms with Gasteiger partial charge in [0.15, 0.2) is 0 Å². The summed E-state index contributed by atoms with van der Waals surface area (Å²) >= 11 is 5.92. The Bertz CT molecular complexity index is 734. The van der Waals surface area contributed by atoms with E-state index >= 15 is 0 Å². The Labute approximate surface area is 126 Å². The highest BCUT2D eigenvalue weighted by Gasteiger charge is 2.32. The normalized spacial score (nSPS) is 19.1. The molecule has 0 bridgehead atoms. The maximum Gasteiger partial charge on any atom is 0.251 e. The second-order valence-corrected chi connectivity index (χ2v) is 5.22. The molecule has 0 radical (unpaired) electrons. The number of fused-ring (bicyclic) bond motifs is 1. The van der Waals surface area contributed by atoms with Crippen LogP contribution in [0.15, 0.2) is 24.3 Å². The molecule has 1 aromatic carbocycles. The highest BCUT2D eigenvalue weighted by atomic mass is 35.5. The number of piperidine rings is 1. The second-order valence-electron chi connectivity index (χ2n) is 4.88. The molecule has 2 amide bonds. The average molecular weight is 305 g/mol. The summed E-state index contributed by atoms with van der Waals surface area (Å²) in [6.45, 7) is 0. The van der Waals surface area contributed by atoms with Gasteiger partial charge in [-0.2, -0.15) is 0 Å². The zero-order valence-corrected chi connectivity index (χ0v) is 12.1. The largest absolute Gasteiger partial charge is 0.358 e. The maximum atomic E-state index is 12.1. The third-order valence-corrected chi connectivity index (χ3v) is 3.71. The molecular formula is C14H13ClN4O2. The van der Waals surface area contributed by atoms with Gasteiger partial charge in [-0.3, -0.25) is 14.5 Å². The first-order valence-electron chi connectivity index (χ1n) is 6.55. The van der Waals surface area contributed by atoms with Gasteiger partial charge < -0.3 is 5.32 Å². The fraction of sp³-hybridized carbons (Fsp3) is 0.286. The number of amides is 2. The summed E-state index contributed by atoms with van der Waals surface area (Å²) in [5.74, 6) is 0.0837. The van der Waals surface area contributed by atoms with E-state index in [1.165, 1.54) is 7.05 Å². The van der Waals surface area contributed by atoms with Crippen LogP contribution in [-0.2, 0) is 9.59 Å². The molecule has 1 aliphatic heterocycles. The van der Waals surface area contributed by atoms with Crippen molar-refractivity contribution in [3.63, 3.8) is 0 Å². The van der Waals surface area contributed by atoms with E-state index in [2.05, 4.69) is 15.3 Å². The monoisotopic (exact) mass is 304 g/mol. The molecule has 1 atom stereocenters. The number of carbonyl (C=O) groups is 2. The number of imide groups is 1. The van der Waals surface area contributed by atoms with Crippen molar-refractivity contribution in [2.24, 2.45) is 0 Å². The lowest BCUT2D eigenvalue weighted by Gasteiger charge is -2.28. The van der Waals surface area contributed by atoms with Gasteiger partial charge in [0, 0.05) is 18.9 Å². The molecule has 3 rings (SSSR count). The number of para-hydroxylation sites is 1. The van der Waals surface area contributed by atoms with Crippen molar-refractivity contribution in [1.29, 1.82) is 0 Å². The summed E-state index contributed by atoms with van der Waals surface area (Å²) in [5, 5.41) is 3.99. The third-order valence-electron chi connectivity index (χ3n) is 3.54. The van der Waals surface area contributed by atoms with Crippen LogP contribution in [-0.4, -0.2) is 39.8 Å². The summed E-state index contributed by atoms with van der Waals surface area (Å²) in [6, 6.07) is 6.92. The van der Waals surface area contributed by atoms with Gasteiger partial charge in [0.05, 0.1) is 5.52 Å². The molecule has 0 saturated carbocycles. The number of benzene rings is 1. The van der Waals surface area contributed by atoms with Crippen LogP contribution in [0, 0.1) is 0 Å². The van der Waals surface area contributed by atoms with Gasteiger partial charge in [-0.1, -0.05) is 12.1 Å². The Hall–Kier alpha value is -2.21. The Balaban J connectivity index is 1.95. The molecule has 21 heavy (non-hydrogen) atoms. The Morgan fingerprint density at radius 3 is 2.86 bits per heavy atom. The van der Waals surface area contributed by atoms with Gasteiger partial charge in [0.1, 0.15) is 11.9 Å². The van der Waals surface area contributed by atoms with E-state index in [1.807, 2.05) is 24.3 Å². The molecule has 108 valence electrons. The Morgan fingerprint density at radius 2 is 2.05 bits per heavy atom. The predicted octanol–water partition coefficient (Wildman–Crippen LogP) is 1.84.